The van der Waals surface area contributed by atoms with E-state index >= 15 is 0 Å². The first-order chi connectivity index (χ1) is 9.16. The second-order valence-corrected chi connectivity index (χ2v) is 6.36. The van der Waals surface area contributed by atoms with Gasteiger partial charge in [-0.2, -0.15) is 0 Å². The summed E-state index contributed by atoms with van der Waals surface area (Å²) in [4.78, 5) is 4.57. The van der Waals surface area contributed by atoms with Gasteiger partial charge in [0, 0.05) is 24.3 Å². The molecule has 19 heavy (non-hydrogen) atoms. The fourth-order valence-corrected chi connectivity index (χ4v) is 3.79. The highest BCUT2D eigenvalue weighted by molar-refractivity contribution is 7.17. The van der Waals surface area contributed by atoms with Gasteiger partial charge in [-0.15, -0.1) is 11.3 Å². The van der Waals surface area contributed by atoms with Crippen LogP contribution < -0.4 is 0 Å². The maximum atomic E-state index is 10.8. The molecule has 0 bridgehead atoms. The average molecular weight is 276 g/mol. The van der Waals surface area contributed by atoms with Crippen LogP contribution in [0.25, 0.3) is 10.1 Å². The first-order valence-corrected chi connectivity index (χ1v) is 7.58. The van der Waals surface area contributed by atoms with E-state index < -0.39 is 6.10 Å². The van der Waals surface area contributed by atoms with Gasteiger partial charge in [0.15, 0.2) is 0 Å². The standard InChI is InChI=1S/C15H20N2OS/c1-16-7-8-17(2)13(10-16)14(18)12-5-3-4-11-6-9-19-15(11)12/h3-6,9,13-14,18H,7-8,10H2,1-2H3. The fraction of sp³-hybridized carbons (Fsp3) is 0.467. The number of hydrogen-bond donors (Lipinski definition) is 1. The highest BCUT2D eigenvalue weighted by Gasteiger charge is 2.30. The van der Waals surface area contributed by atoms with Crippen LogP contribution in [0.15, 0.2) is 29.6 Å². The summed E-state index contributed by atoms with van der Waals surface area (Å²) in [5.74, 6) is 0. The van der Waals surface area contributed by atoms with Gasteiger partial charge < -0.3 is 10.0 Å². The number of fused-ring (bicyclic) bond motifs is 1. The van der Waals surface area contributed by atoms with Crippen LogP contribution in [0.3, 0.4) is 0 Å². The van der Waals surface area contributed by atoms with Crippen molar-refractivity contribution in [1.82, 2.24) is 9.80 Å². The molecule has 1 N–H and O–H groups in total. The zero-order valence-electron chi connectivity index (χ0n) is 11.4. The maximum absolute atomic E-state index is 10.8. The highest BCUT2D eigenvalue weighted by Crippen LogP contribution is 2.32. The Labute approximate surface area is 118 Å². The molecular weight excluding hydrogens is 256 g/mol. The Morgan fingerprint density at radius 1 is 1.26 bits per heavy atom. The Kier molecular flexibility index (Phi) is 3.58. The predicted octanol–water partition coefficient (Wildman–Crippen LogP) is 2.18. The van der Waals surface area contributed by atoms with Crippen molar-refractivity contribution in [3.8, 4) is 0 Å². The molecule has 1 aliphatic rings. The van der Waals surface area contributed by atoms with E-state index in [-0.39, 0.29) is 6.04 Å². The minimum atomic E-state index is -0.421. The molecule has 1 aromatic carbocycles. The van der Waals surface area contributed by atoms with Crippen LogP contribution in [0.2, 0.25) is 0 Å². The van der Waals surface area contributed by atoms with E-state index in [4.69, 9.17) is 0 Å². The van der Waals surface area contributed by atoms with Crippen molar-refractivity contribution in [2.75, 3.05) is 33.7 Å². The Morgan fingerprint density at radius 2 is 2.11 bits per heavy atom. The molecule has 0 radical (unpaired) electrons. The Bertz CT molecular complexity index is 568. The van der Waals surface area contributed by atoms with E-state index in [1.165, 1.54) is 10.1 Å². The highest BCUT2D eigenvalue weighted by atomic mass is 32.1. The van der Waals surface area contributed by atoms with Crippen molar-refractivity contribution in [3.63, 3.8) is 0 Å². The van der Waals surface area contributed by atoms with Gasteiger partial charge in [-0.1, -0.05) is 18.2 Å². The summed E-state index contributed by atoms with van der Waals surface area (Å²) in [5, 5.41) is 14.1. The fourth-order valence-electron chi connectivity index (χ4n) is 2.84. The van der Waals surface area contributed by atoms with Gasteiger partial charge in [0.25, 0.3) is 0 Å². The van der Waals surface area contributed by atoms with E-state index in [0.717, 1.165) is 25.2 Å². The minimum absolute atomic E-state index is 0.173. The average Bonchev–Trinajstić information content (AvgIpc) is 2.89. The van der Waals surface area contributed by atoms with Gasteiger partial charge in [-0.3, -0.25) is 4.90 Å². The molecule has 3 rings (SSSR count). The first-order valence-electron chi connectivity index (χ1n) is 6.70. The molecule has 2 aromatic rings. The summed E-state index contributed by atoms with van der Waals surface area (Å²) in [6.45, 7) is 3.00. The number of likely N-dealkylation sites (N-methyl/N-ethyl adjacent to an activating group) is 2. The summed E-state index contributed by atoms with van der Waals surface area (Å²) in [6, 6.07) is 8.50. The van der Waals surface area contributed by atoms with E-state index in [1.807, 2.05) is 6.07 Å². The molecule has 0 spiro atoms. The minimum Gasteiger partial charge on any atom is -0.387 e. The van der Waals surface area contributed by atoms with Gasteiger partial charge in [0.05, 0.1) is 12.1 Å². The molecule has 0 saturated carbocycles. The van der Waals surface area contributed by atoms with Gasteiger partial charge >= 0.3 is 0 Å². The third kappa shape index (κ3) is 2.41. The number of benzene rings is 1. The van der Waals surface area contributed by atoms with Gasteiger partial charge in [0.1, 0.15) is 0 Å². The molecule has 1 aromatic heterocycles. The van der Waals surface area contributed by atoms with Crippen LogP contribution in [0.5, 0.6) is 0 Å². The van der Waals surface area contributed by atoms with Gasteiger partial charge in [0.2, 0.25) is 0 Å². The normalized spacial score (nSPS) is 23.8. The molecule has 0 aliphatic carbocycles. The van der Waals surface area contributed by atoms with Crippen molar-refractivity contribution in [1.29, 1.82) is 0 Å². The number of thiophene rings is 1. The second kappa shape index (κ2) is 5.21. The lowest BCUT2D eigenvalue weighted by atomic mass is 9.98. The predicted molar refractivity (Wildman–Crippen MR) is 80.7 cm³/mol. The second-order valence-electron chi connectivity index (χ2n) is 5.44. The SMILES string of the molecule is CN1CCN(C)C(C(O)c2cccc3ccsc23)C1. The topological polar surface area (TPSA) is 26.7 Å². The largest absolute Gasteiger partial charge is 0.387 e. The summed E-state index contributed by atoms with van der Waals surface area (Å²) in [5.41, 5.74) is 1.07. The summed E-state index contributed by atoms with van der Waals surface area (Å²) >= 11 is 1.72. The van der Waals surface area contributed by atoms with Crippen molar-refractivity contribution in [3.05, 3.63) is 35.2 Å². The molecule has 2 unspecified atom stereocenters. The quantitative estimate of drug-likeness (QED) is 0.911. The molecule has 3 nitrogen and oxygen atoms in total. The summed E-state index contributed by atoms with van der Waals surface area (Å²) in [7, 11) is 4.23. The van der Waals surface area contributed by atoms with E-state index in [2.05, 4.69) is 47.5 Å². The van der Waals surface area contributed by atoms with E-state index in [0.29, 0.717) is 0 Å². The summed E-state index contributed by atoms with van der Waals surface area (Å²) < 4.78 is 1.22. The van der Waals surface area contributed by atoms with Crippen molar-refractivity contribution >= 4 is 21.4 Å². The van der Waals surface area contributed by atoms with Gasteiger partial charge in [-0.05, 0) is 36.5 Å². The Balaban J connectivity index is 1.94. The molecule has 0 amide bonds. The van der Waals surface area contributed by atoms with Crippen LogP contribution >= 0.6 is 11.3 Å². The van der Waals surface area contributed by atoms with Gasteiger partial charge in [-0.25, -0.2) is 0 Å². The number of rotatable bonds is 2. The van der Waals surface area contributed by atoms with Crippen molar-refractivity contribution in [2.24, 2.45) is 0 Å². The van der Waals surface area contributed by atoms with Crippen LogP contribution in [0.4, 0.5) is 0 Å². The lowest BCUT2D eigenvalue weighted by Crippen LogP contribution is -2.52. The van der Waals surface area contributed by atoms with E-state index in [1.54, 1.807) is 11.3 Å². The Morgan fingerprint density at radius 3 is 2.95 bits per heavy atom. The van der Waals surface area contributed by atoms with Crippen LogP contribution in [0, 0.1) is 0 Å². The smallest absolute Gasteiger partial charge is 0.0971 e. The molecule has 1 fully saturated rings. The lowest BCUT2D eigenvalue weighted by molar-refractivity contribution is 0.0146. The maximum Gasteiger partial charge on any atom is 0.0971 e. The first kappa shape index (κ1) is 13.1. The molecule has 1 aliphatic heterocycles. The third-order valence-electron chi connectivity index (χ3n) is 4.09. The Hall–Kier alpha value is -0.940. The number of aliphatic hydroxyl groups is 1. The van der Waals surface area contributed by atoms with Crippen molar-refractivity contribution < 1.29 is 5.11 Å². The molecular formula is C15H20N2OS. The van der Waals surface area contributed by atoms with E-state index in [9.17, 15) is 5.11 Å². The number of hydrogen-bond acceptors (Lipinski definition) is 4. The van der Waals surface area contributed by atoms with Crippen molar-refractivity contribution in [2.45, 2.75) is 12.1 Å². The lowest BCUT2D eigenvalue weighted by Gasteiger charge is -2.40. The number of aliphatic hydroxyl groups excluding tert-OH is 1. The number of piperazine rings is 1. The van der Waals surface area contributed by atoms with Crippen LogP contribution in [-0.4, -0.2) is 54.7 Å². The molecule has 2 atom stereocenters. The number of nitrogens with zero attached hydrogens (tertiary/aromatic N) is 2. The monoisotopic (exact) mass is 276 g/mol. The summed E-state index contributed by atoms with van der Waals surface area (Å²) in [6.07, 6.45) is -0.421. The molecule has 102 valence electrons. The van der Waals surface area contributed by atoms with Crippen LogP contribution in [-0.2, 0) is 0 Å². The zero-order chi connectivity index (χ0) is 13.4. The molecule has 4 heteroatoms. The van der Waals surface area contributed by atoms with Crippen LogP contribution in [0.1, 0.15) is 11.7 Å². The molecule has 2 heterocycles. The zero-order valence-corrected chi connectivity index (χ0v) is 12.2. The third-order valence-corrected chi connectivity index (χ3v) is 5.07. The molecule has 1 saturated heterocycles.